The number of carbonyl (C=O) groups excluding carboxylic acids is 1. The lowest BCUT2D eigenvalue weighted by atomic mass is 9.95. The van der Waals surface area contributed by atoms with E-state index in [2.05, 4.69) is 20.2 Å². The average molecular weight is 391 g/mol. The van der Waals surface area contributed by atoms with Crippen LogP contribution < -0.4 is 15.4 Å². The molecule has 2 aliphatic carbocycles. The van der Waals surface area contributed by atoms with Crippen molar-refractivity contribution in [3.05, 3.63) is 42.2 Å². The molecule has 3 atom stereocenters. The molecule has 29 heavy (non-hydrogen) atoms. The van der Waals surface area contributed by atoms with Crippen LogP contribution in [0.1, 0.15) is 36.0 Å². The Balaban J connectivity index is 1.40. The summed E-state index contributed by atoms with van der Waals surface area (Å²) in [7, 11) is 3.63. The zero-order valence-electron chi connectivity index (χ0n) is 16.7. The van der Waals surface area contributed by atoms with Crippen LogP contribution in [0.2, 0.25) is 0 Å². The topological polar surface area (TPSA) is 81.1 Å². The second kappa shape index (κ2) is 7.06. The van der Waals surface area contributed by atoms with Crippen LogP contribution in [0.3, 0.4) is 0 Å². The van der Waals surface area contributed by atoms with Crippen molar-refractivity contribution in [2.75, 3.05) is 12.4 Å². The van der Waals surface area contributed by atoms with Gasteiger partial charge in [0.25, 0.3) is 5.91 Å². The predicted molar refractivity (Wildman–Crippen MR) is 111 cm³/mol. The van der Waals surface area contributed by atoms with Crippen LogP contribution in [0.15, 0.2) is 36.7 Å². The molecule has 2 heterocycles. The molecule has 2 bridgehead atoms. The largest absolute Gasteiger partial charge is 0.456 e. The minimum absolute atomic E-state index is 0.232. The van der Waals surface area contributed by atoms with Gasteiger partial charge in [-0.1, -0.05) is 6.42 Å². The molecule has 2 fully saturated rings. The van der Waals surface area contributed by atoms with Crippen LogP contribution in [-0.2, 0) is 7.05 Å². The average Bonchev–Trinajstić information content (AvgIpc) is 3.43. The summed E-state index contributed by atoms with van der Waals surface area (Å²) >= 11 is 0. The molecular weight excluding hydrogens is 366 g/mol. The van der Waals surface area contributed by atoms with Crippen molar-refractivity contribution in [2.45, 2.75) is 31.7 Å². The van der Waals surface area contributed by atoms with E-state index >= 15 is 0 Å². The molecule has 150 valence electrons. The van der Waals surface area contributed by atoms with Crippen LogP contribution in [0.5, 0.6) is 11.5 Å². The molecule has 2 saturated carbocycles. The van der Waals surface area contributed by atoms with Crippen molar-refractivity contribution >= 4 is 22.9 Å². The van der Waals surface area contributed by atoms with Gasteiger partial charge in [-0.3, -0.25) is 9.78 Å². The maximum Gasteiger partial charge on any atom is 0.256 e. The lowest BCUT2D eigenvalue weighted by Crippen LogP contribution is -2.27. The Morgan fingerprint density at radius 2 is 2.14 bits per heavy atom. The molecule has 7 heteroatoms. The van der Waals surface area contributed by atoms with E-state index < -0.39 is 0 Å². The number of carbonyl (C=O) groups is 1. The fourth-order valence-electron chi connectivity index (χ4n) is 4.86. The van der Waals surface area contributed by atoms with E-state index in [9.17, 15) is 4.79 Å². The van der Waals surface area contributed by atoms with E-state index in [0.717, 1.165) is 28.8 Å². The van der Waals surface area contributed by atoms with Gasteiger partial charge in [0.15, 0.2) is 0 Å². The minimum atomic E-state index is -0.232. The Labute approximate surface area is 169 Å². The number of amides is 1. The molecule has 0 aliphatic heterocycles. The second-order valence-corrected chi connectivity index (χ2v) is 8.12. The first-order valence-electron chi connectivity index (χ1n) is 10.2. The van der Waals surface area contributed by atoms with Gasteiger partial charge >= 0.3 is 0 Å². The van der Waals surface area contributed by atoms with E-state index in [1.165, 1.54) is 31.9 Å². The van der Waals surface area contributed by atoms with E-state index in [1.54, 1.807) is 19.3 Å². The van der Waals surface area contributed by atoms with Crippen LogP contribution in [0, 0.1) is 11.8 Å². The number of nitrogens with one attached hydrogen (secondary N) is 2. The monoisotopic (exact) mass is 391 g/mol. The summed E-state index contributed by atoms with van der Waals surface area (Å²) in [6.07, 6.45) is 8.46. The molecule has 0 radical (unpaired) electrons. The Morgan fingerprint density at radius 1 is 1.24 bits per heavy atom. The van der Waals surface area contributed by atoms with Crippen molar-refractivity contribution in [3.63, 3.8) is 0 Å². The first-order chi connectivity index (χ1) is 14.1. The number of benzene rings is 1. The number of nitrogens with zero attached hydrogens (tertiary/aromatic N) is 3. The number of ether oxygens (including phenoxy) is 1. The predicted octanol–water partition coefficient (Wildman–Crippen LogP) is 3.72. The van der Waals surface area contributed by atoms with Crippen LogP contribution in [0.4, 0.5) is 5.95 Å². The molecule has 2 aliphatic rings. The van der Waals surface area contributed by atoms with Crippen LogP contribution in [-0.4, -0.2) is 33.5 Å². The van der Waals surface area contributed by atoms with Crippen molar-refractivity contribution in [1.82, 2.24) is 19.9 Å². The number of anilines is 1. The fourth-order valence-corrected chi connectivity index (χ4v) is 4.86. The summed E-state index contributed by atoms with van der Waals surface area (Å²) in [5.41, 5.74) is 2.31. The number of fused-ring (bicyclic) bond motifs is 3. The summed E-state index contributed by atoms with van der Waals surface area (Å²) in [5, 5.41) is 6.29. The Bertz CT molecular complexity index is 1080. The standard InChI is InChI=1S/C22H25N5O2/c1-23-21(28)16-12-24-8-7-20(16)29-15-5-6-19-18(11-15)26-22(27(19)2)25-17-10-13-3-4-14(17)9-13/h5-8,11-14,17H,3-4,9-10H2,1-2H3,(H,23,28)(H,25,26). The van der Waals surface area contributed by atoms with Crippen molar-refractivity contribution in [2.24, 2.45) is 18.9 Å². The van der Waals surface area contributed by atoms with Gasteiger partial charge in [0.2, 0.25) is 5.95 Å². The summed E-state index contributed by atoms with van der Waals surface area (Å²) in [4.78, 5) is 20.9. The highest BCUT2D eigenvalue weighted by atomic mass is 16.5. The number of aromatic nitrogens is 3. The number of rotatable bonds is 5. The smallest absolute Gasteiger partial charge is 0.256 e. The Hall–Kier alpha value is -3.09. The number of hydrogen-bond acceptors (Lipinski definition) is 5. The van der Waals surface area contributed by atoms with Gasteiger partial charge in [0.1, 0.15) is 17.1 Å². The number of aryl methyl sites for hydroxylation is 1. The molecule has 7 nitrogen and oxygen atoms in total. The molecule has 3 aromatic rings. The fraction of sp³-hybridized carbons (Fsp3) is 0.409. The normalized spacial score (nSPS) is 22.8. The number of hydrogen-bond donors (Lipinski definition) is 2. The Morgan fingerprint density at radius 3 is 2.90 bits per heavy atom. The maximum atomic E-state index is 12.0. The van der Waals surface area contributed by atoms with Crippen molar-refractivity contribution < 1.29 is 9.53 Å². The van der Waals surface area contributed by atoms with E-state index in [0.29, 0.717) is 23.1 Å². The molecule has 1 amide bonds. The molecule has 2 aromatic heterocycles. The third-order valence-electron chi connectivity index (χ3n) is 6.39. The lowest BCUT2D eigenvalue weighted by Gasteiger charge is -2.23. The first-order valence-corrected chi connectivity index (χ1v) is 10.2. The van der Waals surface area contributed by atoms with Crippen molar-refractivity contribution in [1.29, 1.82) is 0 Å². The lowest BCUT2D eigenvalue weighted by molar-refractivity contribution is 0.0960. The highest BCUT2D eigenvalue weighted by Gasteiger charge is 2.39. The number of imidazole rings is 1. The second-order valence-electron chi connectivity index (χ2n) is 8.12. The summed E-state index contributed by atoms with van der Waals surface area (Å²) in [6.45, 7) is 0. The molecular formula is C22H25N5O2. The van der Waals surface area contributed by atoms with E-state index in [1.807, 2.05) is 25.2 Å². The molecule has 5 rings (SSSR count). The quantitative estimate of drug-likeness (QED) is 0.693. The van der Waals surface area contributed by atoms with Gasteiger partial charge < -0.3 is 19.9 Å². The van der Waals surface area contributed by atoms with E-state index in [-0.39, 0.29) is 5.91 Å². The molecule has 0 saturated heterocycles. The Kier molecular flexibility index (Phi) is 4.38. The van der Waals surface area contributed by atoms with E-state index in [4.69, 9.17) is 9.72 Å². The molecule has 1 aromatic carbocycles. The van der Waals surface area contributed by atoms with Crippen LogP contribution >= 0.6 is 0 Å². The third-order valence-corrected chi connectivity index (χ3v) is 6.39. The van der Waals surface area contributed by atoms with Gasteiger partial charge in [0, 0.05) is 38.6 Å². The van der Waals surface area contributed by atoms with Gasteiger partial charge in [-0.2, -0.15) is 0 Å². The summed E-state index contributed by atoms with van der Waals surface area (Å²) in [6, 6.07) is 8.04. The zero-order chi connectivity index (χ0) is 20.0. The number of pyridine rings is 1. The molecule has 2 N–H and O–H groups in total. The highest BCUT2D eigenvalue weighted by Crippen LogP contribution is 2.45. The van der Waals surface area contributed by atoms with Crippen molar-refractivity contribution in [3.8, 4) is 11.5 Å². The third kappa shape index (κ3) is 3.20. The van der Waals surface area contributed by atoms with Gasteiger partial charge in [-0.05, 0) is 49.3 Å². The van der Waals surface area contributed by atoms with Crippen LogP contribution in [0.25, 0.3) is 11.0 Å². The molecule has 0 spiro atoms. The maximum absolute atomic E-state index is 12.0. The minimum Gasteiger partial charge on any atom is -0.456 e. The van der Waals surface area contributed by atoms with Gasteiger partial charge in [-0.15, -0.1) is 0 Å². The van der Waals surface area contributed by atoms with Gasteiger partial charge in [0.05, 0.1) is 11.0 Å². The highest BCUT2D eigenvalue weighted by molar-refractivity contribution is 5.96. The summed E-state index contributed by atoms with van der Waals surface area (Å²) < 4.78 is 8.10. The van der Waals surface area contributed by atoms with Gasteiger partial charge in [-0.25, -0.2) is 4.98 Å². The first kappa shape index (κ1) is 18.0. The SMILES string of the molecule is CNC(=O)c1cnccc1Oc1ccc2c(c1)nc(NC1CC3CCC1C3)n2C. The molecule has 3 unspecified atom stereocenters. The summed E-state index contributed by atoms with van der Waals surface area (Å²) in [5.74, 6) is 3.46. The zero-order valence-corrected chi connectivity index (χ0v) is 16.7.